The molecule has 160 valence electrons. The smallest absolute Gasteiger partial charge is 0.394 e. The van der Waals surface area contributed by atoms with Crippen molar-refractivity contribution in [3.63, 3.8) is 0 Å². The SMILES string of the molecule is O=C(O)C(=O)Nc1cc(Cl)c(Oc2ccc(O)c(S(=O)(=O)C3CCCC3)c2)c(Cl)c1. The van der Waals surface area contributed by atoms with Crippen molar-refractivity contribution < 1.29 is 33.0 Å². The molecule has 0 unspecified atom stereocenters. The molecule has 1 aliphatic rings. The standard InChI is InChI=1S/C19H17Cl2NO7S/c20-13-7-10(22-18(24)19(25)26)8-14(21)17(13)29-11-5-6-15(23)16(9-11)30(27,28)12-3-1-2-4-12/h5-9,12,23H,1-4H2,(H,22,24)(H,25,26). The Hall–Kier alpha value is -2.49. The van der Waals surface area contributed by atoms with E-state index >= 15 is 0 Å². The molecule has 30 heavy (non-hydrogen) atoms. The number of ether oxygens (including phenoxy) is 1. The summed E-state index contributed by atoms with van der Waals surface area (Å²) in [5.41, 5.74) is 0.0416. The third-order valence-corrected chi connectivity index (χ3v) is 7.50. The van der Waals surface area contributed by atoms with Crippen molar-refractivity contribution in [3.8, 4) is 17.2 Å². The van der Waals surface area contributed by atoms with Gasteiger partial charge >= 0.3 is 11.9 Å². The lowest BCUT2D eigenvalue weighted by atomic mass is 10.2. The van der Waals surface area contributed by atoms with Gasteiger partial charge in [-0.15, -0.1) is 0 Å². The number of rotatable bonds is 5. The predicted octanol–water partition coefficient (Wildman–Crippen LogP) is 4.23. The van der Waals surface area contributed by atoms with Gasteiger partial charge in [0.2, 0.25) is 0 Å². The summed E-state index contributed by atoms with van der Waals surface area (Å²) in [6.07, 6.45) is 2.70. The lowest BCUT2D eigenvalue weighted by Gasteiger charge is -2.15. The first-order chi connectivity index (χ1) is 14.1. The number of aliphatic carboxylic acids is 1. The van der Waals surface area contributed by atoms with Crippen LogP contribution in [0.4, 0.5) is 5.69 Å². The molecule has 0 aromatic heterocycles. The van der Waals surface area contributed by atoms with E-state index in [2.05, 4.69) is 5.32 Å². The number of phenols is 1. The third-order valence-electron chi connectivity index (χ3n) is 4.65. The number of hydrogen-bond donors (Lipinski definition) is 3. The maximum atomic E-state index is 12.8. The molecule has 11 heteroatoms. The van der Waals surface area contributed by atoms with Crippen molar-refractivity contribution >= 4 is 50.6 Å². The van der Waals surface area contributed by atoms with Gasteiger partial charge in [-0.1, -0.05) is 36.0 Å². The van der Waals surface area contributed by atoms with Crippen LogP contribution in [-0.2, 0) is 19.4 Å². The Morgan fingerprint density at radius 3 is 2.23 bits per heavy atom. The normalized spacial score (nSPS) is 14.5. The van der Waals surface area contributed by atoms with Crippen molar-refractivity contribution in [1.82, 2.24) is 0 Å². The Morgan fingerprint density at radius 2 is 1.67 bits per heavy atom. The molecule has 3 N–H and O–H groups in total. The molecule has 8 nitrogen and oxygen atoms in total. The highest BCUT2D eigenvalue weighted by molar-refractivity contribution is 7.92. The van der Waals surface area contributed by atoms with Crippen molar-refractivity contribution in [2.45, 2.75) is 35.8 Å². The largest absolute Gasteiger partial charge is 0.507 e. The number of hydrogen-bond acceptors (Lipinski definition) is 6. The number of carboxylic acid groups (broad SMARTS) is 1. The molecule has 1 amide bonds. The zero-order valence-corrected chi connectivity index (χ0v) is 17.7. The summed E-state index contributed by atoms with van der Waals surface area (Å²) >= 11 is 12.3. The number of halogens is 2. The molecule has 0 atom stereocenters. The maximum Gasteiger partial charge on any atom is 0.394 e. The van der Waals surface area contributed by atoms with E-state index < -0.39 is 27.0 Å². The Bertz CT molecular complexity index is 1090. The second-order valence-corrected chi connectivity index (χ2v) is 9.72. The number of carboxylic acids is 1. The minimum absolute atomic E-state index is 0.0263. The molecule has 0 radical (unpaired) electrons. The first-order valence-corrected chi connectivity index (χ1v) is 11.2. The molecule has 0 aliphatic heterocycles. The number of carbonyl (C=O) groups is 2. The van der Waals surface area contributed by atoms with Gasteiger partial charge in [-0.2, -0.15) is 0 Å². The highest BCUT2D eigenvalue weighted by Gasteiger charge is 2.32. The molecule has 2 aromatic rings. The van der Waals surface area contributed by atoms with E-state index in [0.717, 1.165) is 12.8 Å². The van der Waals surface area contributed by atoms with E-state index in [1.807, 2.05) is 0 Å². The predicted molar refractivity (Wildman–Crippen MR) is 110 cm³/mol. The first-order valence-electron chi connectivity index (χ1n) is 8.87. The highest BCUT2D eigenvalue weighted by Crippen LogP contribution is 2.41. The summed E-state index contributed by atoms with van der Waals surface area (Å²) in [5, 5.41) is 20.2. The van der Waals surface area contributed by atoms with E-state index in [1.54, 1.807) is 0 Å². The summed E-state index contributed by atoms with van der Waals surface area (Å²) in [6.45, 7) is 0. The minimum atomic E-state index is -3.73. The molecule has 0 saturated heterocycles. The number of phenolic OH excluding ortho intramolecular Hbond substituents is 1. The lowest BCUT2D eigenvalue weighted by Crippen LogP contribution is -2.21. The molecule has 0 spiro atoms. The highest BCUT2D eigenvalue weighted by atomic mass is 35.5. The number of carbonyl (C=O) groups excluding carboxylic acids is 1. The van der Waals surface area contributed by atoms with Crippen LogP contribution in [-0.4, -0.2) is 35.8 Å². The van der Waals surface area contributed by atoms with Gasteiger partial charge in [0.05, 0.1) is 15.3 Å². The van der Waals surface area contributed by atoms with E-state index in [-0.39, 0.29) is 37.9 Å². The fraction of sp³-hybridized carbons (Fsp3) is 0.263. The van der Waals surface area contributed by atoms with Crippen LogP contribution < -0.4 is 10.1 Å². The van der Waals surface area contributed by atoms with Crippen molar-refractivity contribution in [2.24, 2.45) is 0 Å². The monoisotopic (exact) mass is 473 g/mol. The summed E-state index contributed by atoms with van der Waals surface area (Å²) in [5.74, 6) is -3.27. The Labute approximate surface area is 182 Å². The van der Waals surface area contributed by atoms with Crippen LogP contribution in [0.2, 0.25) is 10.0 Å². The number of amides is 1. The van der Waals surface area contributed by atoms with Crippen LogP contribution in [0, 0.1) is 0 Å². The first kappa shape index (κ1) is 22.2. The summed E-state index contributed by atoms with van der Waals surface area (Å²) in [6, 6.07) is 6.24. The molecule has 1 aliphatic carbocycles. The average Bonchev–Trinajstić information content (AvgIpc) is 3.21. The molecular formula is C19H17Cl2NO7S. The van der Waals surface area contributed by atoms with Gasteiger partial charge in [0.25, 0.3) is 0 Å². The Balaban J connectivity index is 1.90. The maximum absolute atomic E-state index is 12.8. The van der Waals surface area contributed by atoms with Gasteiger partial charge in [0.15, 0.2) is 15.6 Å². The number of sulfone groups is 1. The fourth-order valence-corrected chi connectivity index (χ4v) is 5.71. The quantitative estimate of drug-likeness (QED) is 0.553. The van der Waals surface area contributed by atoms with Gasteiger partial charge in [-0.05, 0) is 37.1 Å². The van der Waals surface area contributed by atoms with Crippen LogP contribution >= 0.6 is 23.2 Å². The number of aromatic hydroxyl groups is 1. The zero-order valence-electron chi connectivity index (χ0n) is 15.4. The van der Waals surface area contributed by atoms with Gasteiger partial charge in [-0.3, -0.25) is 4.79 Å². The number of nitrogens with one attached hydrogen (secondary N) is 1. The van der Waals surface area contributed by atoms with Gasteiger partial charge in [0.1, 0.15) is 16.4 Å². The fourth-order valence-electron chi connectivity index (χ4n) is 3.20. The molecule has 0 bridgehead atoms. The zero-order chi connectivity index (χ0) is 22.1. The van der Waals surface area contributed by atoms with Crippen LogP contribution in [0.25, 0.3) is 0 Å². The van der Waals surface area contributed by atoms with Crippen molar-refractivity contribution in [2.75, 3.05) is 5.32 Å². The van der Waals surface area contributed by atoms with Crippen molar-refractivity contribution in [3.05, 3.63) is 40.4 Å². The van der Waals surface area contributed by atoms with Crippen LogP contribution in [0.1, 0.15) is 25.7 Å². The number of anilines is 1. The minimum Gasteiger partial charge on any atom is -0.507 e. The molecule has 3 rings (SSSR count). The van der Waals surface area contributed by atoms with Crippen LogP contribution in [0.5, 0.6) is 17.2 Å². The van der Waals surface area contributed by atoms with Gasteiger partial charge in [-0.25, -0.2) is 13.2 Å². The summed E-state index contributed by atoms with van der Waals surface area (Å²) < 4.78 is 31.3. The summed E-state index contributed by atoms with van der Waals surface area (Å²) in [4.78, 5) is 21.7. The number of benzene rings is 2. The second-order valence-electron chi connectivity index (χ2n) is 6.71. The molecule has 1 fully saturated rings. The Kier molecular flexibility index (Phi) is 6.44. The van der Waals surface area contributed by atoms with E-state index in [0.29, 0.717) is 12.8 Å². The average molecular weight is 474 g/mol. The molecule has 2 aromatic carbocycles. The summed E-state index contributed by atoms with van der Waals surface area (Å²) in [7, 11) is -3.73. The second kappa shape index (κ2) is 8.71. The lowest BCUT2D eigenvalue weighted by molar-refractivity contribution is -0.147. The topological polar surface area (TPSA) is 130 Å². The van der Waals surface area contributed by atoms with Gasteiger partial charge < -0.3 is 20.3 Å². The molecule has 1 saturated carbocycles. The molecular weight excluding hydrogens is 457 g/mol. The van der Waals surface area contributed by atoms with Gasteiger partial charge in [0, 0.05) is 11.8 Å². The van der Waals surface area contributed by atoms with Crippen LogP contribution in [0.3, 0.4) is 0 Å². The van der Waals surface area contributed by atoms with Crippen LogP contribution in [0.15, 0.2) is 35.2 Å². The Morgan fingerprint density at radius 1 is 1.07 bits per heavy atom. The van der Waals surface area contributed by atoms with E-state index in [1.165, 1.54) is 30.3 Å². The van der Waals surface area contributed by atoms with E-state index in [4.69, 9.17) is 33.0 Å². The van der Waals surface area contributed by atoms with E-state index in [9.17, 15) is 23.1 Å². The van der Waals surface area contributed by atoms with Crippen molar-refractivity contribution in [1.29, 1.82) is 0 Å². The third kappa shape index (κ3) is 4.63. The molecule has 0 heterocycles.